The maximum absolute atomic E-state index is 13.6. The number of ether oxygens (including phenoxy) is 1. The lowest BCUT2D eigenvalue weighted by atomic mass is 10.00. The van der Waals surface area contributed by atoms with Gasteiger partial charge in [-0.3, -0.25) is 9.20 Å². The van der Waals surface area contributed by atoms with Gasteiger partial charge in [-0.15, -0.1) is 11.3 Å². The SMILES string of the molecule is CCOC(=O)c1cc(C(=O)c2cccc3ccccc23)n2cnc(-c3cccs3)cc12. The number of carbonyl (C=O) groups excluding carboxylic acids is 2. The summed E-state index contributed by atoms with van der Waals surface area (Å²) in [6.07, 6.45) is 1.60. The van der Waals surface area contributed by atoms with Crippen LogP contribution in [-0.2, 0) is 4.74 Å². The third kappa shape index (κ3) is 3.31. The molecule has 5 rings (SSSR count). The molecule has 31 heavy (non-hydrogen) atoms. The Hall–Kier alpha value is -3.77. The second-order valence-corrected chi connectivity index (χ2v) is 7.97. The Kier molecular flexibility index (Phi) is 4.84. The molecule has 0 atom stereocenters. The summed E-state index contributed by atoms with van der Waals surface area (Å²) in [6, 6.07) is 20.8. The minimum atomic E-state index is -0.458. The molecule has 5 nitrogen and oxygen atoms in total. The molecule has 0 radical (unpaired) electrons. The Bertz CT molecular complexity index is 1430. The fourth-order valence-electron chi connectivity index (χ4n) is 3.77. The van der Waals surface area contributed by atoms with Crippen molar-refractivity contribution in [3.63, 3.8) is 0 Å². The number of hydrogen-bond donors (Lipinski definition) is 0. The molecule has 0 aliphatic carbocycles. The highest BCUT2D eigenvalue weighted by molar-refractivity contribution is 7.13. The van der Waals surface area contributed by atoms with E-state index >= 15 is 0 Å². The Morgan fingerprint density at radius 3 is 2.65 bits per heavy atom. The summed E-state index contributed by atoms with van der Waals surface area (Å²) >= 11 is 1.57. The molecule has 0 bridgehead atoms. The van der Waals surface area contributed by atoms with Crippen molar-refractivity contribution >= 4 is 39.4 Å². The number of thiophene rings is 1. The van der Waals surface area contributed by atoms with E-state index in [4.69, 9.17) is 4.74 Å². The van der Waals surface area contributed by atoms with E-state index < -0.39 is 5.97 Å². The summed E-state index contributed by atoms with van der Waals surface area (Å²) in [7, 11) is 0. The van der Waals surface area contributed by atoms with Gasteiger partial charge in [-0.05, 0) is 41.3 Å². The third-order valence-corrected chi connectivity index (χ3v) is 6.09. The van der Waals surface area contributed by atoms with Gasteiger partial charge >= 0.3 is 5.97 Å². The van der Waals surface area contributed by atoms with E-state index in [1.807, 2.05) is 66.0 Å². The second-order valence-electron chi connectivity index (χ2n) is 7.03. The van der Waals surface area contributed by atoms with E-state index in [1.54, 1.807) is 35.1 Å². The van der Waals surface area contributed by atoms with Crippen molar-refractivity contribution in [1.82, 2.24) is 9.38 Å². The lowest BCUT2D eigenvalue weighted by molar-refractivity contribution is 0.0529. The van der Waals surface area contributed by atoms with Crippen LogP contribution in [0.15, 0.2) is 78.4 Å². The number of ketones is 1. The molecule has 152 valence electrons. The van der Waals surface area contributed by atoms with E-state index in [-0.39, 0.29) is 12.4 Å². The van der Waals surface area contributed by atoms with Crippen LogP contribution in [0.25, 0.3) is 26.9 Å². The van der Waals surface area contributed by atoms with Crippen molar-refractivity contribution in [3.8, 4) is 10.6 Å². The number of fused-ring (bicyclic) bond motifs is 2. The fourth-order valence-corrected chi connectivity index (χ4v) is 4.46. The molecule has 0 aliphatic rings. The Balaban J connectivity index is 1.71. The number of aromatic nitrogens is 2. The van der Waals surface area contributed by atoms with Gasteiger partial charge in [0.15, 0.2) is 0 Å². The predicted octanol–water partition coefficient (Wildman–Crippen LogP) is 5.62. The lowest BCUT2D eigenvalue weighted by Gasteiger charge is -2.07. The van der Waals surface area contributed by atoms with Gasteiger partial charge in [-0.1, -0.05) is 48.5 Å². The first-order chi connectivity index (χ1) is 15.2. The number of rotatable bonds is 5. The molecule has 0 unspecified atom stereocenters. The topological polar surface area (TPSA) is 60.7 Å². The highest BCUT2D eigenvalue weighted by atomic mass is 32.1. The summed E-state index contributed by atoms with van der Waals surface area (Å²) in [4.78, 5) is 31.8. The molecule has 0 fully saturated rings. The summed E-state index contributed by atoms with van der Waals surface area (Å²) in [6.45, 7) is 2.02. The molecule has 0 aliphatic heterocycles. The van der Waals surface area contributed by atoms with Crippen LogP contribution in [0.5, 0.6) is 0 Å². The predicted molar refractivity (Wildman–Crippen MR) is 122 cm³/mol. The number of carbonyl (C=O) groups is 2. The van der Waals surface area contributed by atoms with Gasteiger partial charge in [0, 0.05) is 5.56 Å². The largest absolute Gasteiger partial charge is 0.462 e. The van der Waals surface area contributed by atoms with Gasteiger partial charge in [0.25, 0.3) is 0 Å². The van der Waals surface area contributed by atoms with Crippen LogP contribution in [0.3, 0.4) is 0 Å². The second kappa shape index (κ2) is 7.81. The van der Waals surface area contributed by atoms with Gasteiger partial charge < -0.3 is 4.74 Å². The van der Waals surface area contributed by atoms with Gasteiger partial charge in [0.2, 0.25) is 5.78 Å². The van der Waals surface area contributed by atoms with Crippen molar-refractivity contribution in [3.05, 3.63) is 95.3 Å². The van der Waals surface area contributed by atoms with Crippen molar-refractivity contribution in [1.29, 1.82) is 0 Å². The zero-order valence-electron chi connectivity index (χ0n) is 16.7. The van der Waals surface area contributed by atoms with Crippen molar-refractivity contribution in [2.45, 2.75) is 6.92 Å². The Morgan fingerprint density at radius 1 is 1.00 bits per heavy atom. The number of benzene rings is 2. The minimum absolute atomic E-state index is 0.173. The van der Waals surface area contributed by atoms with E-state index in [0.717, 1.165) is 21.3 Å². The summed E-state index contributed by atoms with van der Waals surface area (Å²) in [5.74, 6) is -0.631. The van der Waals surface area contributed by atoms with E-state index in [1.165, 1.54) is 0 Å². The van der Waals surface area contributed by atoms with Gasteiger partial charge in [-0.25, -0.2) is 9.78 Å². The fraction of sp³-hybridized carbons (Fsp3) is 0.0800. The normalized spacial score (nSPS) is 11.1. The first-order valence-corrected chi connectivity index (χ1v) is 10.8. The Labute approximate surface area is 182 Å². The van der Waals surface area contributed by atoms with E-state index in [0.29, 0.717) is 22.3 Å². The van der Waals surface area contributed by atoms with E-state index in [9.17, 15) is 9.59 Å². The maximum atomic E-state index is 13.6. The van der Waals surface area contributed by atoms with Crippen LogP contribution in [-0.4, -0.2) is 27.7 Å². The molecule has 5 aromatic rings. The smallest absolute Gasteiger partial charge is 0.340 e. The molecule has 6 heteroatoms. The summed E-state index contributed by atoms with van der Waals surface area (Å²) in [5.41, 5.74) is 2.65. The zero-order chi connectivity index (χ0) is 21.4. The van der Waals surface area contributed by atoms with Crippen LogP contribution in [0.4, 0.5) is 0 Å². The quantitative estimate of drug-likeness (QED) is 0.270. The Morgan fingerprint density at radius 2 is 1.84 bits per heavy atom. The van der Waals surface area contributed by atoms with Crippen LogP contribution in [0.1, 0.15) is 33.3 Å². The molecule has 3 aromatic heterocycles. The molecule has 0 amide bonds. The highest BCUT2D eigenvalue weighted by Crippen LogP contribution is 2.28. The van der Waals surface area contributed by atoms with Crippen LogP contribution in [0, 0.1) is 0 Å². The minimum Gasteiger partial charge on any atom is -0.462 e. The molecule has 0 N–H and O–H groups in total. The molecular weight excluding hydrogens is 408 g/mol. The van der Waals surface area contributed by atoms with E-state index in [2.05, 4.69) is 4.98 Å². The van der Waals surface area contributed by atoms with Crippen LogP contribution in [0.2, 0.25) is 0 Å². The maximum Gasteiger partial charge on any atom is 0.340 e. The number of esters is 1. The average Bonchev–Trinajstić information content (AvgIpc) is 3.46. The van der Waals surface area contributed by atoms with Gasteiger partial charge in [-0.2, -0.15) is 0 Å². The first-order valence-electron chi connectivity index (χ1n) is 9.92. The van der Waals surface area contributed by atoms with Gasteiger partial charge in [0.05, 0.1) is 34.0 Å². The first kappa shape index (κ1) is 19.2. The van der Waals surface area contributed by atoms with Crippen LogP contribution >= 0.6 is 11.3 Å². The highest BCUT2D eigenvalue weighted by Gasteiger charge is 2.23. The number of nitrogens with zero attached hydrogens (tertiary/aromatic N) is 2. The number of hydrogen-bond acceptors (Lipinski definition) is 5. The van der Waals surface area contributed by atoms with Crippen LogP contribution < -0.4 is 0 Å². The standard InChI is InChI=1S/C25H18N2O3S/c1-2-30-25(29)19-13-22(24(28)18-10-5-8-16-7-3-4-9-17(16)18)27-15-26-20(14-21(19)27)23-11-6-12-31-23/h3-15H,2H2,1H3. The monoisotopic (exact) mass is 426 g/mol. The van der Waals surface area contributed by atoms with Crippen molar-refractivity contribution in [2.75, 3.05) is 6.61 Å². The zero-order valence-corrected chi connectivity index (χ0v) is 17.6. The molecule has 2 aromatic carbocycles. The van der Waals surface area contributed by atoms with Crippen molar-refractivity contribution < 1.29 is 14.3 Å². The third-order valence-electron chi connectivity index (χ3n) is 5.20. The molecular formula is C25H18N2O3S. The average molecular weight is 426 g/mol. The molecule has 0 spiro atoms. The summed E-state index contributed by atoms with van der Waals surface area (Å²) < 4.78 is 6.93. The lowest BCUT2D eigenvalue weighted by Crippen LogP contribution is -2.06. The molecule has 0 saturated carbocycles. The molecule has 3 heterocycles. The van der Waals surface area contributed by atoms with Gasteiger partial charge in [0.1, 0.15) is 6.33 Å². The van der Waals surface area contributed by atoms with Crippen molar-refractivity contribution in [2.24, 2.45) is 0 Å². The summed E-state index contributed by atoms with van der Waals surface area (Å²) in [5, 5.41) is 3.82. The molecule has 0 saturated heterocycles.